The van der Waals surface area contributed by atoms with Crippen LogP contribution in [0.15, 0.2) is 23.5 Å². The van der Waals surface area contributed by atoms with Gasteiger partial charge in [0, 0.05) is 29.9 Å². The lowest BCUT2D eigenvalue weighted by Crippen LogP contribution is -2.00. The van der Waals surface area contributed by atoms with Gasteiger partial charge in [-0.25, -0.2) is 9.97 Å². The second-order valence-electron chi connectivity index (χ2n) is 4.45. The SMILES string of the molecule is Cc1nc(SCc2ccnc(CN)c2)nc(C)c1C. The van der Waals surface area contributed by atoms with Crippen molar-refractivity contribution in [1.82, 2.24) is 15.0 Å². The third kappa shape index (κ3) is 3.52. The van der Waals surface area contributed by atoms with Gasteiger partial charge in [0.25, 0.3) is 0 Å². The third-order valence-corrected chi connectivity index (χ3v) is 3.99. The molecule has 0 amide bonds. The second kappa shape index (κ2) is 6.12. The average molecular weight is 274 g/mol. The molecule has 0 unspecified atom stereocenters. The van der Waals surface area contributed by atoms with Crippen molar-refractivity contribution < 1.29 is 0 Å². The molecule has 0 aromatic carbocycles. The van der Waals surface area contributed by atoms with E-state index in [0.29, 0.717) is 6.54 Å². The molecule has 2 rings (SSSR count). The summed E-state index contributed by atoms with van der Waals surface area (Å²) in [6.07, 6.45) is 1.80. The van der Waals surface area contributed by atoms with E-state index < -0.39 is 0 Å². The topological polar surface area (TPSA) is 64.7 Å². The van der Waals surface area contributed by atoms with Crippen LogP contribution in [-0.2, 0) is 12.3 Å². The lowest BCUT2D eigenvalue weighted by molar-refractivity contribution is 0.880. The normalized spacial score (nSPS) is 10.7. The molecular weight excluding hydrogens is 256 g/mol. The Bertz CT molecular complexity index is 560. The minimum atomic E-state index is 0.470. The summed E-state index contributed by atoms with van der Waals surface area (Å²) in [5, 5.41) is 0.826. The fraction of sp³-hybridized carbons (Fsp3) is 0.357. The lowest BCUT2D eigenvalue weighted by Gasteiger charge is -2.07. The molecule has 19 heavy (non-hydrogen) atoms. The van der Waals surface area contributed by atoms with E-state index in [1.165, 1.54) is 11.1 Å². The van der Waals surface area contributed by atoms with Crippen LogP contribution in [0.1, 0.15) is 28.2 Å². The van der Waals surface area contributed by atoms with Gasteiger partial charge in [-0.05, 0) is 44.0 Å². The van der Waals surface area contributed by atoms with Crippen molar-refractivity contribution in [2.24, 2.45) is 5.73 Å². The van der Waals surface area contributed by atoms with Gasteiger partial charge < -0.3 is 5.73 Å². The first-order chi connectivity index (χ1) is 9.10. The molecule has 0 aliphatic carbocycles. The lowest BCUT2D eigenvalue weighted by atomic mass is 10.2. The van der Waals surface area contributed by atoms with Gasteiger partial charge in [0.2, 0.25) is 0 Å². The van der Waals surface area contributed by atoms with E-state index in [4.69, 9.17) is 5.73 Å². The summed E-state index contributed by atoms with van der Waals surface area (Å²) in [6, 6.07) is 4.03. The molecule has 2 aromatic rings. The largest absolute Gasteiger partial charge is 0.325 e. The Hall–Kier alpha value is -1.46. The van der Waals surface area contributed by atoms with Crippen LogP contribution >= 0.6 is 11.8 Å². The summed E-state index contributed by atoms with van der Waals surface area (Å²) in [4.78, 5) is 13.2. The van der Waals surface area contributed by atoms with Crippen LogP contribution in [0.2, 0.25) is 0 Å². The zero-order valence-corrected chi connectivity index (χ0v) is 12.3. The molecule has 0 atom stereocenters. The molecule has 0 radical (unpaired) electrons. The highest BCUT2D eigenvalue weighted by molar-refractivity contribution is 7.98. The van der Waals surface area contributed by atoms with Gasteiger partial charge in [0.1, 0.15) is 0 Å². The zero-order valence-electron chi connectivity index (χ0n) is 11.5. The van der Waals surface area contributed by atoms with Gasteiger partial charge in [0.15, 0.2) is 5.16 Å². The molecule has 5 heteroatoms. The maximum Gasteiger partial charge on any atom is 0.188 e. The van der Waals surface area contributed by atoms with Crippen LogP contribution in [0.3, 0.4) is 0 Å². The predicted molar refractivity (Wildman–Crippen MR) is 77.9 cm³/mol. The number of hydrogen-bond acceptors (Lipinski definition) is 5. The summed E-state index contributed by atoms with van der Waals surface area (Å²) in [5.74, 6) is 0.831. The van der Waals surface area contributed by atoms with E-state index >= 15 is 0 Å². The van der Waals surface area contributed by atoms with Crippen molar-refractivity contribution in [3.05, 3.63) is 46.5 Å². The summed E-state index contributed by atoms with van der Waals surface area (Å²) >= 11 is 1.64. The van der Waals surface area contributed by atoms with Gasteiger partial charge in [0.05, 0.1) is 5.69 Å². The first-order valence-corrected chi connectivity index (χ1v) is 7.17. The van der Waals surface area contributed by atoms with E-state index in [-0.39, 0.29) is 0 Å². The van der Waals surface area contributed by atoms with E-state index in [1.807, 2.05) is 26.0 Å². The second-order valence-corrected chi connectivity index (χ2v) is 5.39. The van der Waals surface area contributed by atoms with Crippen LogP contribution in [0.25, 0.3) is 0 Å². The van der Waals surface area contributed by atoms with Crippen LogP contribution in [0.5, 0.6) is 0 Å². The number of aromatic nitrogens is 3. The Morgan fingerprint density at radius 3 is 2.47 bits per heavy atom. The summed E-state index contributed by atoms with van der Waals surface area (Å²) < 4.78 is 0. The van der Waals surface area contributed by atoms with Crippen molar-refractivity contribution in [3.63, 3.8) is 0 Å². The van der Waals surface area contributed by atoms with Gasteiger partial charge in [-0.2, -0.15) is 0 Å². The number of aryl methyl sites for hydroxylation is 2. The number of nitrogens with two attached hydrogens (primary N) is 1. The summed E-state index contributed by atoms with van der Waals surface area (Å²) in [7, 11) is 0. The van der Waals surface area contributed by atoms with E-state index in [9.17, 15) is 0 Å². The molecular formula is C14H18N4S. The smallest absolute Gasteiger partial charge is 0.188 e. The molecule has 0 aliphatic rings. The Morgan fingerprint density at radius 1 is 1.16 bits per heavy atom. The Kier molecular flexibility index (Phi) is 4.50. The molecule has 0 spiro atoms. The first kappa shape index (κ1) is 14.0. The Morgan fingerprint density at radius 2 is 1.84 bits per heavy atom. The molecule has 0 saturated carbocycles. The van der Waals surface area contributed by atoms with E-state index in [2.05, 4.69) is 21.9 Å². The maximum absolute atomic E-state index is 5.59. The van der Waals surface area contributed by atoms with Crippen molar-refractivity contribution in [1.29, 1.82) is 0 Å². The minimum Gasteiger partial charge on any atom is -0.325 e. The summed E-state index contributed by atoms with van der Waals surface area (Å²) in [5.41, 5.74) is 11.0. The highest BCUT2D eigenvalue weighted by Crippen LogP contribution is 2.21. The van der Waals surface area contributed by atoms with Crippen LogP contribution in [-0.4, -0.2) is 15.0 Å². The standard InChI is InChI=1S/C14H18N4S/c1-9-10(2)17-14(18-11(9)3)19-8-12-4-5-16-13(6-12)7-15/h4-6H,7-8,15H2,1-3H3. The number of thioether (sulfide) groups is 1. The molecule has 4 nitrogen and oxygen atoms in total. The van der Waals surface area contributed by atoms with Crippen LogP contribution < -0.4 is 5.73 Å². The highest BCUT2D eigenvalue weighted by Gasteiger charge is 2.05. The van der Waals surface area contributed by atoms with Crippen molar-refractivity contribution in [2.75, 3.05) is 0 Å². The first-order valence-electron chi connectivity index (χ1n) is 6.18. The molecule has 100 valence electrons. The minimum absolute atomic E-state index is 0.470. The fourth-order valence-electron chi connectivity index (χ4n) is 1.68. The molecule has 2 N–H and O–H groups in total. The van der Waals surface area contributed by atoms with Crippen molar-refractivity contribution in [3.8, 4) is 0 Å². The summed E-state index contributed by atoms with van der Waals surface area (Å²) in [6.45, 7) is 6.56. The third-order valence-electron chi connectivity index (χ3n) is 3.07. The zero-order chi connectivity index (χ0) is 13.8. The number of hydrogen-bond donors (Lipinski definition) is 1. The Balaban J connectivity index is 2.10. The van der Waals surface area contributed by atoms with E-state index in [1.54, 1.807) is 18.0 Å². The molecule has 2 heterocycles. The highest BCUT2D eigenvalue weighted by atomic mass is 32.2. The van der Waals surface area contributed by atoms with Crippen molar-refractivity contribution in [2.45, 2.75) is 38.2 Å². The number of pyridine rings is 1. The monoisotopic (exact) mass is 274 g/mol. The van der Waals surface area contributed by atoms with Crippen molar-refractivity contribution >= 4 is 11.8 Å². The molecule has 0 aliphatic heterocycles. The number of rotatable bonds is 4. The van der Waals surface area contributed by atoms with Gasteiger partial charge in [-0.1, -0.05) is 11.8 Å². The predicted octanol–water partition coefficient (Wildman–Crippen LogP) is 2.55. The molecule has 0 saturated heterocycles. The van der Waals surface area contributed by atoms with Gasteiger partial charge in [-0.15, -0.1) is 0 Å². The van der Waals surface area contributed by atoms with Gasteiger partial charge >= 0.3 is 0 Å². The quantitative estimate of drug-likeness (QED) is 0.685. The molecule has 2 aromatic heterocycles. The van der Waals surface area contributed by atoms with Crippen LogP contribution in [0.4, 0.5) is 0 Å². The van der Waals surface area contributed by atoms with Gasteiger partial charge in [-0.3, -0.25) is 4.98 Å². The average Bonchev–Trinajstić information content (AvgIpc) is 2.42. The number of nitrogens with zero attached hydrogens (tertiary/aromatic N) is 3. The van der Waals surface area contributed by atoms with Crippen LogP contribution in [0, 0.1) is 20.8 Å². The molecule has 0 bridgehead atoms. The van der Waals surface area contributed by atoms with E-state index in [0.717, 1.165) is 28.0 Å². The maximum atomic E-state index is 5.59. The molecule has 0 fully saturated rings. The Labute approximate surface area is 117 Å². The fourth-order valence-corrected chi connectivity index (χ4v) is 2.56.